The molecular weight excluding hydrogens is 198 g/mol. The van der Waals surface area contributed by atoms with Crippen molar-refractivity contribution in [3.63, 3.8) is 0 Å². The number of hydrogen-bond donors (Lipinski definition) is 1. The van der Waals surface area contributed by atoms with E-state index in [-0.39, 0.29) is 0 Å². The van der Waals surface area contributed by atoms with E-state index >= 15 is 0 Å². The highest BCUT2D eigenvalue weighted by Gasteiger charge is 2.28. The van der Waals surface area contributed by atoms with Gasteiger partial charge in [0.05, 0.1) is 13.2 Å². The van der Waals surface area contributed by atoms with Gasteiger partial charge in [-0.1, -0.05) is 23.7 Å². The van der Waals surface area contributed by atoms with Gasteiger partial charge in [-0.3, -0.25) is 0 Å². The van der Waals surface area contributed by atoms with Crippen LogP contribution in [0.25, 0.3) is 0 Å². The summed E-state index contributed by atoms with van der Waals surface area (Å²) in [7, 11) is 0. The number of nitrogens with two attached hydrogens (primary N) is 1. The molecule has 0 bridgehead atoms. The van der Waals surface area contributed by atoms with Crippen molar-refractivity contribution in [2.75, 3.05) is 19.8 Å². The molecule has 0 radical (unpaired) electrons. The third-order valence-corrected chi connectivity index (χ3v) is 3.01. The molecule has 14 heavy (non-hydrogen) atoms. The van der Waals surface area contributed by atoms with E-state index in [0.717, 1.165) is 18.2 Å². The molecule has 1 aromatic carbocycles. The minimum Gasteiger partial charge on any atom is -0.380 e. The van der Waals surface area contributed by atoms with Crippen molar-refractivity contribution in [2.45, 2.75) is 5.92 Å². The molecule has 1 aromatic rings. The Morgan fingerprint density at radius 2 is 2.29 bits per heavy atom. The van der Waals surface area contributed by atoms with Crippen molar-refractivity contribution in [2.24, 2.45) is 11.7 Å². The summed E-state index contributed by atoms with van der Waals surface area (Å²) >= 11 is 5.94. The quantitative estimate of drug-likeness (QED) is 0.813. The second-order valence-electron chi connectivity index (χ2n) is 3.69. The molecule has 1 aliphatic rings. The molecule has 3 heteroatoms. The van der Waals surface area contributed by atoms with E-state index in [0.29, 0.717) is 18.4 Å². The molecule has 0 spiro atoms. The van der Waals surface area contributed by atoms with Crippen LogP contribution in [0.1, 0.15) is 11.5 Å². The van der Waals surface area contributed by atoms with E-state index in [2.05, 4.69) is 6.07 Å². The Bertz CT molecular complexity index is 316. The lowest BCUT2D eigenvalue weighted by Crippen LogP contribution is -2.20. The van der Waals surface area contributed by atoms with Crippen molar-refractivity contribution in [3.05, 3.63) is 34.9 Å². The van der Waals surface area contributed by atoms with Crippen LogP contribution in [0.4, 0.5) is 0 Å². The van der Waals surface area contributed by atoms with Gasteiger partial charge in [-0.2, -0.15) is 0 Å². The first-order valence-corrected chi connectivity index (χ1v) is 5.22. The van der Waals surface area contributed by atoms with Gasteiger partial charge in [0.25, 0.3) is 0 Å². The van der Waals surface area contributed by atoms with E-state index in [4.69, 9.17) is 22.1 Å². The van der Waals surface area contributed by atoms with Gasteiger partial charge in [-0.15, -0.1) is 0 Å². The largest absolute Gasteiger partial charge is 0.380 e. The first-order valence-electron chi connectivity index (χ1n) is 4.84. The third kappa shape index (κ3) is 1.92. The lowest BCUT2D eigenvalue weighted by atomic mass is 9.89. The van der Waals surface area contributed by atoms with Crippen LogP contribution in [-0.2, 0) is 4.74 Å². The number of rotatable bonds is 2. The molecule has 0 amide bonds. The van der Waals surface area contributed by atoms with Crippen LogP contribution >= 0.6 is 11.6 Å². The Kier molecular flexibility index (Phi) is 3.06. The van der Waals surface area contributed by atoms with Crippen LogP contribution in [0.2, 0.25) is 5.02 Å². The van der Waals surface area contributed by atoms with E-state index in [9.17, 15) is 0 Å². The van der Waals surface area contributed by atoms with Crippen molar-refractivity contribution in [1.29, 1.82) is 0 Å². The summed E-state index contributed by atoms with van der Waals surface area (Å²) in [5.41, 5.74) is 6.93. The highest BCUT2D eigenvalue weighted by Crippen LogP contribution is 2.31. The average molecular weight is 212 g/mol. The van der Waals surface area contributed by atoms with E-state index in [1.54, 1.807) is 0 Å². The van der Waals surface area contributed by atoms with E-state index in [1.165, 1.54) is 5.56 Å². The summed E-state index contributed by atoms with van der Waals surface area (Å²) in [6.45, 7) is 2.22. The summed E-state index contributed by atoms with van der Waals surface area (Å²) in [6, 6.07) is 7.96. The zero-order valence-corrected chi connectivity index (χ0v) is 8.70. The summed E-state index contributed by atoms with van der Waals surface area (Å²) in [6.07, 6.45) is 0. The molecule has 1 saturated heterocycles. The predicted octanol–water partition coefficient (Wildman–Crippen LogP) is 2.03. The molecule has 2 rings (SSSR count). The van der Waals surface area contributed by atoms with Gasteiger partial charge in [-0.05, 0) is 24.2 Å². The molecule has 2 nitrogen and oxygen atoms in total. The number of halogens is 1. The van der Waals surface area contributed by atoms with Crippen LogP contribution < -0.4 is 5.73 Å². The van der Waals surface area contributed by atoms with Gasteiger partial charge in [0.2, 0.25) is 0 Å². The fraction of sp³-hybridized carbons (Fsp3) is 0.455. The normalized spacial score (nSPS) is 26.7. The average Bonchev–Trinajstić information content (AvgIpc) is 2.65. The van der Waals surface area contributed by atoms with Crippen molar-refractivity contribution in [1.82, 2.24) is 0 Å². The van der Waals surface area contributed by atoms with Gasteiger partial charge in [-0.25, -0.2) is 0 Å². The Morgan fingerprint density at radius 3 is 3.00 bits per heavy atom. The van der Waals surface area contributed by atoms with Crippen LogP contribution in [0.5, 0.6) is 0 Å². The van der Waals surface area contributed by atoms with Gasteiger partial charge < -0.3 is 10.5 Å². The topological polar surface area (TPSA) is 35.2 Å². The molecule has 2 unspecified atom stereocenters. The van der Waals surface area contributed by atoms with E-state index < -0.39 is 0 Å². The molecule has 1 fully saturated rings. The van der Waals surface area contributed by atoms with Crippen molar-refractivity contribution < 1.29 is 4.74 Å². The maximum absolute atomic E-state index is 5.94. The number of benzene rings is 1. The van der Waals surface area contributed by atoms with Gasteiger partial charge in [0, 0.05) is 16.9 Å². The van der Waals surface area contributed by atoms with Gasteiger partial charge in [0.1, 0.15) is 0 Å². The molecule has 1 heterocycles. The third-order valence-electron chi connectivity index (χ3n) is 2.78. The minimum absolute atomic E-state index is 0.415. The molecule has 0 saturated carbocycles. The van der Waals surface area contributed by atoms with Crippen LogP contribution in [0.15, 0.2) is 24.3 Å². The smallest absolute Gasteiger partial charge is 0.0538 e. The molecular formula is C11H14ClNO. The summed E-state index contributed by atoms with van der Waals surface area (Å²) in [5.74, 6) is 0.854. The fourth-order valence-corrected chi connectivity index (χ4v) is 2.14. The summed E-state index contributed by atoms with van der Waals surface area (Å²) in [4.78, 5) is 0. The summed E-state index contributed by atoms with van der Waals surface area (Å²) in [5, 5.41) is 0.783. The Balaban J connectivity index is 2.21. The highest BCUT2D eigenvalue weighted by atomic mass is 35.5. The Morgan fingerprint density at radius 1 is 1.43 bits per heavy atom. The molecule has 0 aromatic heterocycles. The molecule has 2 atom stereocenters. The molecule has 76 valence electrons. The molecule has 0 aliphatic carbocycles. The Hall–Kier alpha value is -0.570. The monoisotopic (exact) mass is 211 g/mol. The van der Waals surface area contributed by atoms with Crippen LogP contribution in [-0.4, -0.2) is 19.8 Å². The summed E-state index contributed by atoms with van der Waals surface area (Å²) < 4.78 is 5.43. The highest BCUT2D eigenvalue weighted by molar-refractivity contribution is 6.30. The minimum atomic E-state index is 0.415. The predicted molar refractivity (Wildman–Crippen MR) is 57.6 cm³/mol. The van der Waals surface area contributed by atoms with Gasteiger partial charge in [0.15, 0.2) is 0 Å². The van der Waals surface area contributed by atoms with Crippen LogP contribution in [0, 0.1) is 5.92 Å². The van der Waals surface area contributed by atoms with E-state index in [1.807, 2.05) is 18.2 Å². The molecule has 2 N–H and O–H groups in total. The maximum Gasteiger partial charge on any atom is 0.0538 e. The maximum atomic E-state index is 5.94. The SMILES string of the molecule is NCC1COCC1c1cccc(Cl)c1. The fourth-order valence-electron chi connectivity index (χ4n) is 1.94. The number of ether oxygens (including phenoxy) is 1. The van der Waals surface area contributed by atoms with Gasteiger partial charge >= 0.3 is 0 Å². The van der Waals surface area contributed by atoms with Crippen LogP contribution in [0.3, 0.4) is 0 Å². The molecule has 1 aliphatic heterocycles. The lowest BCUT2D eigenvalue weighted by Gasteiger charge is -2.15. The standard InChI is InChI=1S/C11H14ClNO/c12-10-3-1-2-8(4-10)11-7-14-6-9(11)5-13/h1-4,9,11H,5-7,13H2. The first-order chi connectivity index (χ1) is 6.81. The second kappa shape index (κ2) is 4.30. The zero-order valence-electron chi connectivity index (χ0n) is 7.95. The number of hydrogen-bond acceptors (Lipinski definition) is 2. The lowest BCUT2D eigenvalue weighted by molar-refractivity contribution is 0.185. The first kappa shape index (κ1) is 9.97. The van der Waals surface area contributed by atoms with Crippen molar-refractivity contribution >= 4 is 11.6 Å². The Labute approximate surface area is 89.0 Å². The second-order valence-corrected chi connectivity index (χ2v) is 4.13. The van der Waals surface area contributed by atoms with Crippen molar-refractivity contribution in [3.8, 4) is 0 Å². The zero-order chi connectivity index (χ0) is 9.97.